The molecule has 1 aromatic carbocycles. The number of nitrogens with zero attached hydrogens (tertiary/aromatic N) is 1. The Bertz CT molecular complexity index is 832. The van der Waals surface area contributed by atoms with Gasteiger partial charge in [-0.25, -0.2) is 9.59 Å². The van der Waals surface area contributed by atoms with Crippen LogP contribution in [0, 0.1) is 5.92 Å². The van der Waals surface area contributed by atoms with Gasteiger partial charge in [0.2, 0.25) is 0 Å². The van der Waals surface area contributed by atoms with Crippen molar-refractivity contribution in [2.75, 3.05) is 27.4 Å². The smallest absolute Gasteiger partial charge is 0.411 e. The van der Waals surface area contributed by atoms with Crippen LogP contribution < -0.4 is 9.47 Å². The summed E-state index contributed by atoms with van der Waals surface area (Å²) in [6.07, 6.45) is -0.115. The van der Waals surface area contributed by atoms with Crippen LogP contribution in [0.1, 0.15) is 52.1 Å². The molecule has 32 heavy (non-hydrogen) atoms. The lowest BCUT2D eigenvalue weighted by Crippen LogP contribution is -2.44. The molecule has 0 aliphatic carbocycles. The van der Waals surface area contributed by atoms with Gasteiger partial charge < -0.3 is 24.1 Å². The van der Waals surface area contributed by atoms with Crippen molar-refractivity contribution in [3.05, 3.63) is 23.8 Å². The molecule has 1 aliphatic rings. The van der Waals surface area contributed by atoms with Crippen LogP contribution in [-0.2, 0) is 19.1 Å². The summed E-state index contributed by atoms with van der Waals surface area (Å²) >= 11 is 0. The van der Waals surface area contributed by atoms with Gasteiger partial charge in [-0.2, -0.15) is 0 Å². The van der Waals surface area contributed by atoms with Crippen LogP contribution >= 0.6 is 0 Å². The molecule has 0 aromatic heterocycles. The molecule has 178 valence electrons. The quantitative estimate of drug-likeness (QED) is 0.568. The molecule has 1 amide bonds. The van der Waals surface area contributed by atoms with Crippen LogP contribution in [0.25, 0.3) is 0 Å². The minimum atomic E-state index is -1.19. The number of methoxy groups -OCH3 is 2. The fraction of sp³-hybridized carbons (Fsp3) is 0.609. The third kappa shape index (κ3) is 6.12. The number of benzene rings is 1. The maximum Gasteiger partial charge on any atom is 0.411 e. The van der Waals surface area contributed by atoms with E-state index in [9.17, 15) is 19.5 Å². The minimum Gasteiger partial charge on any atom is -0.493 e. The molecule has 1 aromatic rings. The number of carbonyl (C=O) groups is 3. The number of aliphatic carboxylic acids is 1. The fourth-order valence-electron chi connectivity index (χ4n) is 3.80. The SMILES string of the molecule is COCCCOc1cc([C@H]2[C@@H](C(C)=O)C[C@@H](C(=O)O)N2C(=O)OC(C)(C)C)ccc1OC. The first-order chi connectivity index (χ1) is 15.0. The molecule has 0 saturated carbocycles. The molecule has 1 N–H and O–H groups in total. The molecule has 9 nitrogen and oxygen atoms in total. The number of carboxylic acids is 1. The number of carboxylic acid groups (broad SMARTS) is 1. The molecule has 0 bridgehead atoms. The number of hydrogen-bond donors (Lipinski definition) is 1. The van der Waals surface area contributed by atoms with E-state index in [1.807, 2.05) is 0 Å². The van der Waals surface area contributed by atoms with Gasteiger partial charge in [-0.05, 0) is 51.8 Å². The summed E-state index contributed by atoms with van der Waals surface area (Å²) in [5.41, 5.74) is -0.253. The first-order valence-corrected chi connectivity index (χ1v) is 10.5. The van der Waals surface area contributed by atoms with E-state index >= 15 is 0 Å². The monoisotopic (exact) mass is 451 g/mol. The lowest BCUT2D eigenvalue weighted by molar-refractivity contribution is -0.142. The van der Waals surface area contributed by atoms with Crippen molar-refractivity contribution in [2.45, 2.75) is 58.2 Å². The fourth-order valence-corrected chi connectivity index (χ4v) is 3.80. The predicted octanol–water partition coefficient (Wildman–Crippen LogP) is 3.45. The van der Waals surface area contributed by atoms with E-state index in [4.69, 9.17) is 18.9 Å². The highest BCUT2D eigenvalue weighted by molar-refractivity contribution is 5.87. The van der Waals surface area contributed by atoms with E-state index in [-0.39, 0.29) is 12.2 Å². The number of Topliss-reactive ketones (excluding diaryl/α,β-unsaturated/α-hetero) is 1. The minimum absolute atomic E-state index is 0.00460. The number of rotatable bonds is 9. The average molecular weight is 452 g/mol. The van der Waals surface area contributed by atoms with Gasteiger partial charge >= 0.3 is 12.1 Å². The Morgan fingerprint density at radius 3 is 2.34 bits per heavy atom. The molecule has 0 radical (unpaired) electrons. The molecule has 2 rings (SSSR count). The first kappa shape index (κ1) is 25.5. The van der Waals surface area contributed by atoms with Crippen LogP contribution in [0.15, 0.2) is 18.2 Å². The van der Waals surface area contributed by atoms with Crippen molar-refractivity contribution in [1.82, 2.24) is 4.90 Å². The molecular formula is C23H33NO8. The van der Waals surface area contributed by atoms with Gasteiger partial charge in [-0.3, -0.25) is 9.69 Å². The van der Waals surface area contributed by atoms with E-state index in [1.165, 1.54) is 14.0 Å². The van der Waals surface area contributed by atoms with Crippen LogP contribution in [0.4, 0.5) is 4.79 Å². The second-order valence-electron chi connectivity index (χ2n) is 8.74. The van der Waals surface area contributed by atoms with E-state index in [1.54, 1.807) is 46.1 Å². The van der Waals surface area contributed by atoms with E-state index in [0.717, 1.165) is 4.90 Å². The Morgan fingerprint density at radius 2 is 1.81 bits per heavy atom. The predicted molar refractivity (Wildman–Crippen MR) is 116 cm³/mol. The van der Waals surface area contributed by atoms with Gasteiger partial charge in [0.15, 0.2) is 11.5 Å². The molecule has 1 fully saturated rings. The maximum absolute atomic E-state index is 13.0. The van der Waals surface area contributed by atoms with Crippen molar-refractivity contribution in [3.63, 3.8) is 0 Å². The molecule has 1 aliphatic heterocycles. The maximum atomic E-state index is 13.0. The normalized spacial score (nSPS) is 20.7. The van der Waals surface area contributed by atoms with Crippen molar-refractivity contribution >= 4 is 17.8 Å². The number of likely N-dealkylation sites (tertiary alicyclic amines) is 1. The Morgan fingerprint density at radius 1 is 1.12 bits per heavy atom. The highest BCUT2D eigenvalue weighted by atomic mass is 16.6. The largest absolute Gasteiger partial charge is 0.493 e. The zero-order valence-corrected chi connectivity index (χ0v) is 19.5. The molecule has 0 spiro atoms. The summed E-state index contributed by atoms with van der Waals surface area (Å²) < 4.78 is 21.7. The van der Waals surface area contributed by atoms with Gasteiger partial charge in [-0.15, -0.1) is 0 Å². The Kier molecular flexibility index (Phi) is 8.49. The lowest BCUT2D eigenvalue weighted by atomic mass is 9.90. The van der Waals surface area contributed by atoms with E-state index < -0.39 is 35.7 Å². The molecule has 1 heterocycles. The lowest BCUT2D eigenvalue weighted by Gasteiger charge is -2.32. The summed E-state index contributed by atoms with van der Waals surface area (Å²) in [7, 11) is 3.12. The number of hydrogen-bond acceptors (Lipinski definition) is 7. The van der Waals surface area contributed by atoms with E-state index in [0.29, 0.717) is 36.7 Å². The molecule has 9 heteroatoms. The Balaban J connectivity index is 2.49. The van der Waals surface area contributed by atoms with Crippen LogP contribution in [0.5, 0.6) is 11.5 Å². The Hall–Kier alpha value is -2.81. The highest BCUT2D eigenvalue weighted by Gasteiger charge is 2.51. The van der Waals surface area contributed by atoms with Crippen molar-refractivity contribution in [3.8, 4) is 11.5 Å². The average Bonchev–Trinajstić information content (AvgIpc) is 3.11. The van der Waals surface area contributed by atoms with Crippen molar-refractivity contribution < 1.29 is 38.4 Å². The van der Waals surface area contributed by atoms with Crippen molar-refractivity contribution in [2.24, 2.45) is 5.92 Å². The number of carbonyl (C=O) groups excluding carboxylic acids is 2. The number of ketones is 1. The van der Waals surface area contributed by atoms with Gasteiger partial charge in [0.05, 0.1) is 19.8 Å². The van der Waals surface area contributed by atoms with Gasteiger partial charge in [0.25, 0.3) is 0 Å². The van der Waals surface area contributed by atoms with Gasteiger partial charge in [-0.1, -0.05) is 6.07 Å². The zero-order valence-electron chi connectivity index (χ0n) is 19.5. The van der Waals surface area contributed by atoms with Crippen LogP contribution in [0.2, 0.25) is 0 Å². The standard InChI is InChI=1S/C23H33NO8/c1-14(25)16-13-17(21(26)27)24(22(28)32-23(2,3)4)20(16)15-8-9-18(30-6)19(12-15)31-11-7-10-29-5/h8-9,12,16-17,20H,7,10-11,13H2,1-6H3,(H,26,27)/t16-,17+,20+/m1/s1. The molecule has 0 unspecified atom stereocenters. The summed E-state index contributed by atoms with van der Waals surface area (Å²) in [6.45, 7) is 7.42. The van der Waals surface area contributed by atoms with Crippen LogP contribution in [-0.4, -0.2) is 66.9 Å². The first-order valence-electron chi connectivity index (χ1n) is 10.5. The van der Waals surface area contributed by atoms with Crippen LogP contribution in [0.3, 0.4) is 0 Å². The van der Waals surface area contributed by atoms with Gasteiger partial charge in [0.1, 0.15) is 17.4 Å². The third-order valence-corrected chi connectivity index (χ3v) is 5.18. The molecular weight excluding hydrogens is 418 g/mol. The van der Waals surface area contributed by atoms with E-state index in [2.05, 4.69) is 0 Å². The third-order valence-electron chi connectivity index (χ3n) is 5.18. The number of amides is 1. The van der Waals surface area contributed by atoms with Gasteiger partial charge in [0, 0.05) is 26.1 Å². The highest BCUT2D eigenvalue weighted by Crippen LogP contribution is 2.44. The topological polar surface area (TPSA) is 112 Å². The summed E-state index contributed by atoms with van der Waals surface area (Å²) in [5.74, 6) is -1.16. The Labute approximate surface area is 188 Å². The molecule has 3 atom stereocenters. The number of ether oxygens (including phenoxy) is 4. The summed E-state index contributed by atoms with van der Waals surface area (Å²) in [4.78, 5) is 38.6. The second-order valence-corrected chi connectivity index (χ2v) is 8.74. The zero-order chi connectivity index (χ0) is 24.1. The van der Waals surface area contributed by atoms with Crippen molar-refractivity contribution in [1.29, 1.82) is 0 Å². The summed E-state index contributed by atoms with van der Waals surface area (Å²) in [5, 5.41) is 9.78. The summed E-state index contributed by atoms with van der Waals surface area (Å²) in [6, 6.07) is 3.09. The molecule has 1 saturated heterocycles. The second kappa shape index (κ2) is 10.7.